The first-order chi connectivity index (χ1) is 14.6. The van der Waals surface area contributed by atoms with Crippen molar-refractivity contribution in [3.8, 4) is 0 Å². The van der Waals surface area contributed by atoms with Gasteiger partial charge >= 0.3 is 0 Å². The van der Waals surface area contributed by atoms with Gasteiger partial charge in [0.2, 0.25) is 11.5 Å². The molecule has 0 saturated carbocycles. The van der Waals surface area contributed by atoms with E-state index in [1.165, 1.54) is 11.8 Å². The van der Waals surface area contributed by atoms with Crippen LogP contribution >= 0.6 is 11.8 Å². The van der Waals surface area contributed by atoms with Crippen LogP contribution in [0.3, 0.4) is 0 Å². The minimum atomic E-state index is -0.203. The van der Waals surface area contributed by atoms with Crippen molar-refractivity contribution in [1.82, 2.24) is 9.55 Å². The number of carbonyl (C=O) groups is 1. The van der Waals surface area contributed by atoms with Gasteiger partial charge in [-0.3, -0.25) is 14.2 Å². The number of aryl methyl sites for hydroxylation is 1. The third kappa shape index (κ3) is 4.11. The van der Waals surface area contributed by atoms with Gasteiger partial charge in [0.25, 0.3) is 5.56 Å². The van der Waals surface area contributed by atoms with Crippen LogP contribution in [0.25, 0.3) is 22.1 Å². The molecular weight excluding hydrogens is 398 g/mol. The molecule has 6 nitrogen and oxygen atoms in total. The standard InChI is InChI=1S/C23H23N3O3S/c1-3-4-13-26-22(28)21-20(17-7-5-6-8-18(17)29-21)25-23(26)30-14-19(27)24-16-11-9-15(2)10-12-16/h5-12H,3-4,13-14H2,1-2H3,(H,24,27). The molecule has 0 aliphatic carbocycles. The maximum atomic E-state index is 13.1. The molecule has 1 N–H and O–H groups in total. The Kier molecular flexibility index (Phi) is 5.90. The molecule has 0 atom stereocenters. The van der Waals surface area contributed by atoms with E-state index >= 15 is 0 Å². The van der Waals surface area contributed by atoms with Gasteiger partial charge in [-0.05, 0) is 37.6 Å². The molecule has 2 aromatic heterocycles. The van der Waals surface area contributed by atoms with Crippen molar-refractivity contribution >= 4 is 45.4 Å². The van der Waals surface area contributed by atoms with Crippen molar-refractivity contribution in [2.75, 3.05) is 11.1 Å². The molecule has 2 aromatic carbocycles. The summed E-state index contributed by atoms with van der Waals surface area (Å²) in [5.41, 5.74) is 3.13. The average Bonchev–Trinajstić information content (AvgIpc) is 3.12. The number of nitrogens with zero attached hydrogens (tertiary/aromatic N) is 2. The number of carbonyl (C=O) groups excluding carboxylic acids is 1. The Bertz CT molecular complexity index is 1260. The van der Waals surface area contributed by atoms with Gasteiger partial charge in [0.1, 0.15) is 11.1 Å². The van der Waals surface area contributed by atoms with Crippen molar-refractivity contribution in [3.63, 3.8) is 0 Å². The number of fused-ring (bicyclic) bond motifs is 3. The van der Waals surface area contributed by atoms with E-state index in [4.69, 9.17) is 9.40 Å². The molecule has 0 fully saturated rings. The molecule has 0 radical (unpaired) electrons. The van der Waals surface area contributed by atoms with Crippen molar-refractivity contribution < 1.29 is 9.21 Å². The fraction of sp³-hybridized carbons (Fsp3) is 0.261. The quantitative estimate of drug-likeness (QED) is 0.336. The summed E-state index contributed by atoms with van der Waals surface area (Å²) < 4.78 is 7.41. The summed E-state index contributed by atoms with van der Waals surface area (Å²) in [6.45, 7) is 4.61. The van der Waals surface area contributed by atoms with Crippen LogP contribution in [0.15, 0.2) is 62.9 Å². The van der Waals surface area contributed by atoms with E-state index in [2.05, 4.69) is 12.2 Å². The number of amides is 1. The van der Waals surface area contributed by atoms with Crippen LogP contribution in [-0.4, -0.2) is 21.2 Å². The fourth-order valence-electron chi connectivity index (χ4n) is 3.24. The number of furan rings is 1. The molecule has 4 rings (SSSR count). The number of nitrogens with one attached hydrogen (secondary N) is 1. The maximum absolute atomic E-state index is 13.1. The number of unbranched alkanes of at least 4 members (excludes halogenated alkanes) is 1. The predicted octanol–water partition coefficient (Wildman–Crippen LogP) is 4.98. The zero-order chi connectivity index (χ0) is 21.1. The molecule has 0 aliphatic heterocycles. The number of benzene rings is 2. The molecule has 30 heavy (non-hydrogen) atoms. The molecule has 4 aromatic rings. The van der Waals surface area contributed by atoms with Crippen molar-refractivity contribution in [1.29, 1.82) is 0 Å². The van der Waals surface area contributed by atoms with Crippen LogP contribution in [0, 0.1) is 6.92 Å². The Labute approximate surface area is 178 Å². The van der Waals surface area contributed by atoms with Crippen LogP contribution < -0.4 is 10.9 Å². The number of hydrogen-bond donors (Lipinski definition) is 1. The summed E-state index contributed by atoms with van der Waals surface area (Å²) in [6.07, 6.45) is 1.79. The first-order valence-electron chi connectivity index (χ1n) is 9.98. The minimum Gasteiger partial charge on any atom is -0.448 e. The Balaban J connectivity index is 1.64. The van der Waals surface area contributed by atoms with Gasteiger partial charge in [0, 0.05) is 17.6 Å². The topological polar surface area (TPSA) is 77.1 Å². The van der Waals surface area contributed by atoms with Crippen molar-refractivity contribution in [3.05, 3.63) is 64.4 Å². The highest BCUT2D eigenvalue weighted by molar-refractivity contribution is 7.99. The van der Waals surface area contributed by atoms with E-state index in [0.717, 1.165) is 29.5 Å². The first-order valence-corrected chi connectivity index (χ1v) is 11.0. The smallest absolute Gasteiger partial charge is 0.297 e. The summed E-state index contributed by atoms with van der Waals surface area (Å²) in [4.78, 5) is 30.3. The van der Waals surface area contributed by atoms with Gasteiger partial charge in [0.05, 0.1) is 5.75 Å². The van der Waals surface area contributed by atoms with Gasteiger partial charge in [-0.15, -0.1) is 0 Å². The van der Waals surface area contributed by atoms with Crippen LogP contribution in [-0.2, 0) is 11.3 Å². The maximum Gasteiger partial charge on any atom is 0.297 e. The highest BCUT2D eigenvalue weighted by atomic mass is 32.2. The van der Waals surface area contributed by atoms with E-state index in [9.17, 15) is 9.59 Å². The summed E-state index contributed by atoms with van der Waals surface area (Å²) in [5, 5.41) is 4.22. The molecule has 0 saturated heterocycles. The van der Waals surface area contributed by atoms with E-state index in [1.54, 1.807) is 4.57 Å². The molecule has 154 valence electrons. The van der Waals surface area contributed by atoms with Gasteiger partial charge in [-0.25, -0.2) is 4.98 Å². The largest absolute Gasteiger partial charge is 0.448 e. The molecule has 0 aliphatic rings. The molecule has 0 unspecified atom stereocenters. The van der Waals surface area contributed by atoms with Crippen LogP contribution in [0.1, 0.15) is 25.3 Å². The summed E-state index contributed by atoms with van der Waals surface area (Å²) in [7, 11) is 0. The first kappa shape index (κ1) is 20.2. The number of rotatable bonds is 7. The number of anilines is 1. The summed E-state index contributed by atoms with van der Waals surface area (Å²) in [5.74, 6) is 0.0191. The third-order valence-electron chi connectivity index (χ3n) is 4.85. The summed E-state index contributed by atoms with van der Waals surface area (Å²) in [6, 6.07) is 15.1. The third-order valence-corrected chi connectivity index (χ3v) is 5.83. The van der Waals surface area contributed by atoms with Crippen LogP contribution in [0.5, 0.6) is 0 Å². The van der Waals surface area contributed by atoms with Gasteiger partial charge in [-0.1, -0.05) is 54.9 Å². The molecule has 0 spiro atoms. The second-order valence-corrected chi connectivity index (χ2v) is 8.13. The lowest BCUT2D eigenvalue weighted by molar-refractivity contribution is -0.113. The highest BCUT2D eigenvalue weighted by Crippen LogP contribution is 2.27. The number of thioether (sulfide) groups is 1. The number of para-hydroxylation sites is 1. The highest BCUT2D eigenvalue weighted by Gasteiger charge is 2.18. The number of hydrogen-bond acceptors (Lipinski definition) is 5. The van der Waals surface area contributed by atoms with Crippen LogP contribution in [0.4, 0.5) is 5.69 Å². The molecule has 7 heteroatoms. The second kappa shape index (κ2) is 8.75. The van der Waals surface area contributed by atoms with E-state index < -0.39 is 0 Å². The normalized spacial score (nSPS) is 11.3. The Hall–Kier alpha value is -3.06. The monoisotopic (exact) mass is 421 g/mol. The van der Waals surface area contributed by atoms with E-state index in [-0.39, 0.29) is 22.8 Å². The minimum absolute atomic E-state index is 0.141. The van der Waals surface area contributed by atoms with Gasteiger partial charge in [-0.2, -0.15) is 0 Å². The van der Waals surface area contributed by atoms with Crippen molar-refractivity contribution in [2.45, 2.75) is 38.4 Å². The lowest BCUT2D eigenvalue weighted by atomic mass is 10.2. The van der Waals surface area contributed by atoms with E-state index in [1.807, 2.05) is 55.5 Å². The van der Waals surface area contributed by atoms with E-state index in [0.29, 0.717) is 22.8 Å². The fourth-order valence-corrected chi connectivity index (χ4v) is 4.06. The van der Waals surface area contributed by atoms with Gasteiger partial charge in [0.15, 0.2) is 5.16 Å². The zero-order valence-electron chi connectivity index (χ0n) is 17.0. The second-order valence-electron chi connectivity index (χ2n) is 7.18. The van der Waals surface area contributed by atoms with Gasteiger partial charge < -0.3 is 9.73 Å². The molecule has 0 bridgehead atoms. The number of aromatic nitrogens is 2. The Morgan fingerprint density at radius 2 is 1.93 bits per heavy atom. The van der Waals surface area contributed by atoms with Crippen molar-refractivity contribution in [2.24, 2.45) is 0 Å². The summed E-state index contributed by atoms with van der Waals surface area (Å²) >= 11 is 1.27. The molecule has 1 amide bonds. The SMILES string of the molecule is CCCCn1c(SCC(=O)Nc2ccc(C)cc2)nc2c(oc3ccccc32)c1=O. The Morgan fingerprint density at radius 3 is 2.70 bits per heavy atom. The lowest BCUT2D eigenvalue weighted by Crippen LogP contribution is -2.24. The molecular formula is C23H23N3O3S. The molecule has 2 heterocycles. The predicted molar refractivity (Wildman–Crippen MR) is 121 cm³/mol. The Morgan fingerprint density at radius 1 is 1.17 bits per heavy atom. The van der Waals surface area contributed by atoms with Crippen LogP contribution in [0.2, 0.25) is 0 Å². The average molecular weight is 422 g/mol. The lowest BCUT2D eigenvalue weighted by Gasteiger charge is -2.11. The zero-order valence-corrected chi connectivity index (χ0v) is 17.8.